The number of carbonyl (C=O) groups excluding carboxylic acids is 3. The van der Waals surface area contributed by atoms with Crippen LogP contribution in [0.25, 0.3) is 0 Å². The first-order valence-electron chi connectivity index (χ1n) is 8.55. The minimum atomic E-state index is -0.541. The zero-order chi connectivity index (χ0) is 18.0. The van der Waals surface area contributed by atoms with Crippen LogP contribution in [0.4, 0.5) is 4.79 Å². The highest BCUT2D eigenvalue weighted by atomic mass is 16.6. The predicted molar refractivity (Wildman–Crippen MR) is 90.5 cm³/mol. The summed E-state index contributed by atoms with van der Waals surface area (Å²) in [7, 11) is 1.55. The molecule has 0 bridgehead atoms. The smallest absolute Gasteiger partial charge is 0.410 e. The molecule has 0 aliphatic carbocycles. The van der Waals surface area contributed by atoms with Crippen LogP contribution < -0.4 is 5.32 Å². The van der Waals surface area contributed by atoms with E-state index in [1.807, 2.05) is 37.3 Å². The highest BCUT2D eigenvalue weighted by Gasteiger charge is 2.55. The molecule has 1 aromatic carbocycles. The number of amides is 3. The summed E-state index contributed by atoms with van der Waals surface area (Å²) in [6, 6.07) is 8.32. The maximum Gasteiger partial charge on any atom is 0.410 e. The molecule has 25 heavy (non-hydrogen) atoms. The second-order valence-corrected chi connectivity index (χ2v) is 6.44. The van der Waals surface area contributed by atoms with E-state index in [0.29, 0.717) is 13.0 Å². The molecule has 3 rings (SSSR count). The molecule has 1 aromatic rings. The first-order chi connectivity index (χ1) is 12.0. The lowest BCUT2D eigenvalue weighted by Gasteiger charge is -2.23. The van der Waals surface area contributed by atoms with Crippen LogP contribution in [0.3, 0.4) is 0 Å². The molecule has 2 aliphatic rings. The fraction of sp³-hybridized carbons (Fsp3) is 0.500. The Hall–Kier alpha value is -2.57. The number of likely N-dealkylation sites (N-methyl/N-ethyl adjacent to an activating group) is 1. The summed E-state index contributed by atoms with van der Waals surface area (Å²) in [5, 5.41) is 2.57. The molecule has 134 valence electrons. The zero-order valence-corrected chi connectivity index (χ0v) is 14.5. The van der Waals surface area contributed by atoms with Gasteiger partial charge < -0.3 is 15.0 Å². The van der Waals surface area contributed by atoms with E-state index in [1.54, 1.807) is 11.9 Å². The highest BCUT2D eigenvalue weighted by Crippen LogP contribution is 2.32. The van der Waals surface area contributed by atoms with Gasteiger partial charge in [-0.15, -0.1) is 0 Å². The van der Waals surface area contributed by atoms with Gasteiger partial charge in [0, 0.05) is 13.6 Å². The van der Waals surface area contributed by atoms with Gasteiger partial charge in [-0.1, -0.05) is 30.3 Å². The van der Waals surface area contributed by atoms with Gasteiger partial charge in [-0.2, -0.15) is 0 Å². The van der Waals surface area contributed by atoms with Crippen LogP contribution in [-0.2, 0) is 20.9 Å². The average Bonchev–Trinajstić information content (AvgIpc) is 3.07. The van der Waals surface area contributed by atoms with E-state index < -0.39 is 18.2 Å². The number of hydrogen-bond donors (Lipinski definition) is 1. The van der Waals surface area contributed by atoms with Crippen molar-refractivity contribution in [2.75, 3.05) is 13.6 Å². The third kappa shape index (κ3) is 3.45. The first kappa shape index (κ1) is 17.3. The van der Waals surface area contributed by atoms with Crippen molar-refractivity contribution in [3.8, 4) is 0 Å². The molecule has 2 fully saturated rings. The lowest BCUT2D eigenvalue weighted by Crippen LogP contribution is -2.44. The lowest BCUT2D eigenvalue weighted by atomic mass is 10.2. The molecule has 2 heterocycles. The van der Waals surface area contributed by atoms with Crippen molar-refractivity contribution in [1.29, 1.82) is 0 Å². The predicted octanol–water partition coefficient (Wildman–Crippen LogP) is 1.13. The van der Waals surface area contributed by atoms with Crippen molar-refractivity contribution >= 4 is 17.9 Å². The van der Waals surface area contributed by atoms with Crippen molar-refractivity contribution in [3.63, 3.8) is 0 Å². The summed E-state index contributed by atoms with van der Waals surface area (Å²) in [6.45, 7) is 2.51. The van der Waals surface area contributed by atoms with E-state index in [2.05, 4.69) is 5.32 Å². The molecule has 1 N–H and O–H groups in total. The summed E-state index contributed by atoms with van der Waals surface area (Å²) in [4.78, 5) is 39.9. The Morgan fingerprint density at radius 3 is 2.64 bits per heavy atom. The van der Waals surface area contributed by atoms with E-state index in [4.69, 9.17) is 4.74 Å². The van der Waals surface area contributed by atoms with E-state index >= 15 is 0 Å². The average molecular weight is 345 g/mol. The van der Waals surface area contributed by atoms with Crippen molar-refractivity contribution in [1.82, 2.24) is 15.1 Å². The second-order valence-electron chi connectivity index (χ2n) is 6.44. The SMILES string of the molecule is CNC(=O)[C@@H]1[C@H](C)N1C(=O)C1CCCN1C(=O)OCc1ccccc1. The van der Waals surface area contributed by atoms with Gasteiger partial charge in [0.05, 0.1) is 6.04 Å². The van der Waals surface area contributed by atoms with Crippen LogP contribution in [0.15, 0.2) is 30.3 Å². The fourth-order valence-corrected chi connectivity index (χ4v) is 3.40. The van der Waals surface area contributed by atoms with Gasteiger partial charge in [0.25, 0.3) is 0 Å². The van der Waals surface area contributed by atoms with E-state index in [0.717, 1.165) is 12.0 Å². The Morgan fingerprint density at radius 2 is 1.96 bits per heavy atom. The topological polar surface area (TPSA) is 78.7 Å². The Bertz CT molecular complexity index is 664. The summed E-state index contributed by atoms with van der Waals surface area (Å²) in [5.74, 6) is -0.340. The van der Waals surface area contributed by atoms with Gasteiger partial charge >= 0.3 is 6.09 Å². The van der Waals surface area contributed by atoms with Crippen LogP contribution in [0.5, 0.6) is 0 Å². The first-order valence-corrected chi connectivity index (χ1v) is 8.55. The van der Waals surface area contributed by atoms with Crippen LogP contribution in [0.1, 0.15) is 25.3 Å². The molecule has 2 aliphatic heterocycles. The Labute approximate surface area is 146 Å². The number of likely N-dealkylation sites (tertiary alicyclic amines) is 1. The summed E-state index contributed by atoms with van der Waals surface area (Å²) in [5.41, 5.74) is 0.900. The van der Waals surface area contributed by atoms with E-state index in [1.165, 1.54) is 4.90 Å². The van der Waals surface area contributed by atoms with Crippen molar-refractivity contribution in [2.45, 2.75) is 44.5 Å². The van der Waals surface area contributed by atoms with Crippen molar-refractivity contribution in [2.24, 2.45) is 0 Å². The van der Waals surface area contributed by atoms with Gasteiger partial charge in [0.15, 0.2) is 0 Å². The monoisotopic (exact) mass is 345 g/mol. The number of hydrogen-bond acceptors (Lipinski definition) is 4. The van der Waals surface area contributed by atoms with Crippen LogP contribution in [0, 0.1) is 0 Å². The van der Waals surface area contributed by atoms with E-state index in [9.17, 15) is 14.4 Å². The van der Waals surface area contributed by atoms with Crippen molar-refractivity contribution in [3.05, 3.63) is 35.9 Å². The number of nitrogens with zero attached hydrogens (tertiary/aromatic N) is 2. The maximum absolute atomic E-state index is 12.7. The molecule has 2 saturated heterocycles. The number of ether oxygens (including phenoxy) is 1. The summed E-state index contributed by atoms with van der Waals surface area (Å²) >= 11 is 0. The molecule has 7 nitrogen and oxygen atoms in total. The molecule has 0 saturated carbocycles. The Kier molecular flexibility index (Phi) is 4.92. The number of rotatable bonds is 4. The molecule has 0 spiro atoms. The van der Waals surface area contributed by atoms with Gasteiger partial charge in [-0.3, -0.25) is 14.5 Å². The van der Waals surface area contributed by atoms with E-state index in [-0.39, 0.29) is 24.5 Å². The number of benzene rings is 1. The molecule has 3 amide bonds. The number of nitrogens with one attached hydrogen (secondary N) is 1. The Morgan fingerprint density at radius 1 is 1.24 bits per heavy atom. The largest absolute Gasteiger partial charge is 0.445 e. The lowest BCUT2D eigenvalue weighted by molar-refractivity contribution is -0.133. The second kappa shape index (κ2) is 7.13. The molecule has 3 atom stereocenters. The molecule has 1 unspecified atom stereocenters. The van der Waals surface area contributed by atoms with Crippen LogP contribution >= 0.6 is 0 Å². The standard InChI is InChI=1S/C18H23N3O4/c1-12-15(16(22)19-2)21(12)17(23)14-9-6-10-20(14)18(24)25-11-13-7-4-3-5-8-13/h3-5,7-8,12,14-15H,6,9-11H2,1-2H3,(H,19,22)/t12-,14?,15-,21?/m0/s1. The fourth-order valence-electron chi connectivity index (χ4n) is 3.40. The van der Waals surface area contributed by atoms with Gasteiger partial charge in [0.2, 0.25) is 11.8 Å². The number of carbonyl (C=O) groups is 3. The maximum atomic E-state index is 12.7. The highest BCUT2D eigenvalue weighted by molar-refractivity contribution is 5.96. The third-order valence-electron chi connectivity index (χ3n) is 4.85. The molecule has 0 radical (unpaired) electrons. The molecule has 0 aromatic heterocycles. The molecular formula is C18H23N3O4. The third-order valence-corrected chi connectivity index (χ3v) is 4.85. The normalized spacial score (nSPS) is 24.8. The quantitative estimate of drug-likeness (QED) is 0.830. The minimum absolute atomic E-state index is 0.129. The van der Waals surface area contributed by atoms with Crippen molar-refractivity contribution < 1.29 is 19.1 Å². The van der Waals surface area contributed by atoms with Gasteiger partial charge in [0.1, 0.15) is 18.7 Å². The minimum Gasteiger partial charge on any atom is -0.445 e. The van der Waals surface area contributed by atoms with Crippen LogP contribution in [0.2, 0.25) is 0 Å². The Balaban J connectivity index is 1.59. The van der Waals surface area contributed by atoms with Crippen LogP contribution in [-0.4, -0.2) is 59.4 Å². The van der Waals surface area contributed by atoms with Gasteiger partial charge in [-0.25, -0.2) is 4.79 Å². The summed E-state index contributed by atoms with van der Waals surface area (Å²) < 4.78 is 5.35. The summed E-state index contributed by atoms with van der Waals surface area (Å²) in [6.07, 6.45) is 0.873. The zero-order valence-electron chi connectivity index (χ0n) is 14.5. The molecule has 7 heteroatoms. The van der Waals surface area contributed by atoms with Gasteiger partial charge in [-0.05, 0) is 25.3 Å². The molecular weight excluding hydrogens is 322 g/mol.